The lowest BCUT2D eigenvalue weighted by Gasteiger charge is -2.01. The largest absolute Gasteiger partial charge is 0.481 e. The van der Waals surface area contributed by atoms with Crippen molar-refractivity contribution in [3.05, 3.63) is 13.2 Å². The average Bonchev–Trinajstić information content (AvgIpc) is 2.41. The van der Waals surface area contributed by atoms with Crippen LogP contribution in [0, 0.1) is 0 Å². The first-order valence-corrected chi connectivity index (χ1v) is 7.56. The van der Waals surface area contributed by atoms with Crippen molar-refractivity contribution in [2.75, 3.05) is 0 Å². The van der Waals surface area contributed by atoms with Crippen molar-refractivity contribution in [1.82, 2.24) is 0 Å². The number of hydrogen-bond donors (Lipinski definition) is 2. The van der Waals surface area contributed by atoms with Crippen molar-refractivity contribution in [1.29, 1.82) is 0 Å². The monoisotopic (exact) mass is 286 g/mol. The zero-order chi connectivity index (χ0) is 15.6. The second-order valence-corrected chi connectivity index (χ2v) is 4.82. The third-order valence-corrected chi connectivity index (χ3v) is 3.03. The number of carbonyl (C=O) groups is 2. The summed E-state index contributed by atoms with van der Waals surface area (Å²) in [5.74, 6) is -1.40. The van der Waals surface area contributed by atoms with Crippen LogP contribution in [0.4, 0.5) is 0 Å². The standard InChI is InChI=1S/C14H26O4.C2H4/c15-13(16)11-9-7-5-3-1-2-4-6-8-10-12-14(17)18;1-2/h1-12H2,(H,15,16)(H,17,18);1-2H2. The maximum atomic E-state index is 10.3. The number of carboxylic acid groups (broad SMARTS) is 2. The van der Waals surface area contributed by atoms with E-state index in [1.807, 2.05) is 0 Å². The van der Waals surface area contributed by atoms with Gasteiger partial charge in [-0.2, -0.15) is 0 Å². The van der Waals surface area contributed by atoms with Gasteiger partial charge in [0.15, 0.2) is 0 Å². The molecule has 0 heterocycles. The average molecular weight is 286 g/mol. The van der Waals surface area contributed by atoms with Gasteiger partial charge in [-0.05, 0) is 12.8 Å². The summed E-state index contributed by atoms with van der Waals surface area (Å²) in [6, 6.07) is 0. The third kappa shape index (κ3) is 21.9. The molecule has 0 aliphatic rings. The Balaban J connectivity index is 0. The number of carboxylic acids is 2. The normalized spacial score (nSPS) is 9.60. The number of unbranched alkanes of at least 4 members (excludes halogenated alkanes) is 9. The molecule has 0 amide bonds. The molecule has 0 fully saturated rings. The molecule has 118 valence electrons. The van der Waals surface area contributed by atoms with E-state index in [0.29, 0.717) is 12.8 Å². The predicted molar refractivity (Wildman–Crippen MR) is 81.9 cm³/mol. The summed E-state index contributed by atoms with van der Waals surface area (Å²) in [7, 11) is 0. The van der Waals surface area contributed by atoms with Gasteiger partial charge in [-0.3, -0.25) is 9.59 Å². The summed E-state index contributed by atoms with van der Waals surface area (Å²) in [6.45, 7) is 6.00. The molecule has 0 unspecified atom stereocenters. The lowest BCUT2D eigenvalue weighted by Crippen LogP contribution is -1.93. The van der Waals surface area contributed by atoms with Crippen LogP contribution >= 0.6 is 0 Å². The smallest absolute Gasteiger partial charge is 0.303 e. The maximum absolute atomic E-state index is 10.3. The molecule has 0 radical (unpaired) electrons. The Labute approximate surface area is 122 Å². The van der Waals surface area contributed by atoms with E-state index < -0.39 is 11.9 Å². The first-order chi connectivity index (χ1) is 9.63. The van der Waals surface area contributed by atoms with Gasteiger partial charge >= 0.3 is 11.9 Å². The Morgan fingerprint density at radius 3 is 0.950 bits per heavy atom. The zero-order valence-electron chi connectivity index (χ0n) is 12.6. The molecule has 0 rings (SSSR count). The predicted octanol–water partition coefficient (Wildman–Crippen LogP) is 4.64. The van der Waals surface area contributed by atoms with Crippen LogP contribution in [0.15, 0.2) is 13.2 Å². The molecule has 20 heavy (non-hydrogen) atoms. The van der Waals surface area contributed by atoms with Crippen LogP contribution < -0.4 is 0 Å². The Hall–Kier alpha value is -1.32. The van der Waals surface area contributed by atoms with Gasteiger partial charge in [0, 0.05) is 12.8 Å². The molecule has 0 aromatic carbocycles. The fraction of sp³-hybridized carbons (Fsp3) is 0.750. The molecule has 0 saturated heterocycles. The minimum atomic E-state index is -0.698. The van der Waals surface area contributed by atoms with Gasteiger partial charge < -0.3 is 10.2 Å². The molecule has 0 saturated carbocycles. The summed E-state index contributed by atoms with van der Waals surface area (Å²) in [6.07, 6.45) is 11.3. The molecule has 4 heteroatoms. The minimum Gasteiger partial charge on any atom is -0.481 e. The lowest BCUT2D eigenvalue weighted by atomic mass is 10.1. The molecule has 0 bridgehead atoms. The van der Waals surface area contributed by atoms with E-state index in [-0.39, 0.29) is 0 Å². The van der Waals surface area contributed by atoms with Crippen LogP contribution in [0.5, 0.6) is 0 Å². The minimum absolute atomic E-state index is 0.295. The Morgan fingerprint density at radius 1 is 0.550 bits per heavy atom. The van der Waals surface area contributed by atoms with E-state index in [4.69, 9.17) is 10.2 Å². The fourth-order valence-corrected chi connectivity index (χ4v) is 1.97. The van der Waals surface area contributed by atoms with Crippen molar-refractivity contribution < 1.29 is 19.8 Å². The molecule has 2 N–H and O–H groups in total. The number of aliphatic carboxylic acids is 2. The van der Waals surface area contributed by atoms with Gasteiger partial charge in [0.05, 0.1) is 0 Å². The summed E-state index contributed by atoms with van der Waals surface area (Å²) in [5, 5.41) is 16.9. The summed E-state index contributed by atoms with van der Waals surface area (Å²) in [4.78, 5) is 20.5. The van der Waals surface area contributed by atoms with Crippen molar-refractivity contribution in [2.24, 2.45) is 0 Å². The van der Waals surface area contributed by atoms with Crippen molar-refractivity contribution in [3.8, 4) is 0 Å². The summed E-state index contributed by atoms with van der Waals surface area (Å²) < 4.78 is 0. The Kier molecular flexibility index (Phi) is 18.6. The zero-order valence-corrected chi connectivity index (χ0v) is 12.6. The quantitative estimate of drug-likeness (QED) is 0.382. The molecular formula is C16H30O4. The molecule has 4 nitrogen and oxygen atoms in total. The van der Waals surface area contributed by atoms with Crippen molar-refractivity contribution in [2.45, 2.75) is 77.0 Å². The van der Waals surface area contributed by atoms with Crippen LogP contribution in [0.1, 0.15) is 77.0 Å². The van der Waals surface area contributed by atoms with Gasteiger partial charge in [-0.25, -0.2) is 0 Å². The van der Waals surface area contributed by atoms with Crippen LogP contribution in [0.3, 0.4) is 0 Å². The molecule has 0 aromatic heterocycles. The van der Waals surface area contributed by atoms with Crippen LogP contribution in [0.25, 0.3) is 0 Å². The van der Waals surface area contributed by atoms with E-state index in [0.717, 1.165) is 38.5 Å². The van der Waals surface area contributed by atoms with E-state index >= 15 is 0 Å². The molecule has 0 aliphatic heterocycles. The molecule has 0 aromatic rings. The highest BCUT2D eigenvalue weighted by atomic mass is 16.4. The fourth-order valence-electron chi connectivity index (χ4n) is 1.97. The van der Waals surface area contributed by atoms with Gasteiger partial charge in [0.2, 0.25) is 0 Å². The topological polar surface area (TPSA) is 74.6 Å². The highest BCUT2D eigenvalue weighted by molar-refractivity contribution is 5.66. The third-order valence-electron chi connectivity index (χ3n) is 3.03. The molecule has 0 atom stereocenters. The van der Waals surface area contributed by atoms with Gasteiger partial charge in [0.1, 0.15) is 0 Å². The highest BCUT2D eigenvalue weighted by Crippen LogP contribution is 2.11. The summed E-state index contributed by atoms with van der Waals surface area (Å²) in [5.41, 5.74) is 0. The first kappa shape index (κ1) is 21.0. The van der Waals surface area contributed by atoms with Crippen molar-refractivity contribution >= 4 is 11.9 Å². The maximum Gasteiger partial charge on any atom is 0.303 e. The van der Waals surface area contributed by atoms with E-state index in [1.54, 1.807) is 0 Å². The van der Waals surface area contributed by atoms with Gasteiger partial charge in [-0.15, -0.1) is 13.2 Å². The van der Waals surface area contributed by atoms with Gasteiger partial charge in [-0.1, -0.05) is 51.4 Å². The van der Waals surface area contributed by atoms with Gasteiger partial charge in [0.25, 0.3) is 0 Å². The lowest BCUT2D eigenvalue weighted by molar-refractivity contribution is -0.138. The van der Waals surface area contributed by atoms with E-state index in [2.05, 4.69) is 13.2 Å². The highest BCUT2D eigenvalue weighted by Gasteiger charge is 1.98. The number of rotatable bonds is 13. The second kappa shape index (κ2) is 17.7. The van der Waals surface area contributed by atoms with E-state index in [1.165, 1.54) is 25.7 Å². The van der Waals surface area contributed by atoms with Crippen LogP contribution in [-0.4, -0.2) is 22.2 Å². The molecule has 0 aliphatic carbocycles. The van der Waals surface area contributed by atoms with Crippen LogP contribution in [-0.2, 0) is 9.59 Å². The SMILES string of the molecule is C=C.O=C(O)CCCCCCCCCCCCC(=O)O. The van der Waals surface area contributed by atoms with Crippen LogP contribution in [0.2, 0.25) is 0 Å². The second-order valence-electron chi connectivity index (χ2n) is 4.82. The summed E-state index contributed by atoms with van der Waals surface area (Å²) >= 11 is 0. The number of hydrogen-bond acceptors (Lipinski definition) is 2. The molecule has 0 spiro atoms. The Morgan fingerprint density at radius 2 is 0.750 bits per heavy atom. The molecular weight excluding hydrogens is 256 g/mol. The Bertz CT molecular complexity index is 215. The first-order valence-electron chi connectivity index (χ1n) is 7.56. The van der Waals surface area contributed by atoms with E-state index in [9.17, 15) is 9.59 Å². The van der Waals surface area contributed by atoms with Crippen molar-refractivity contribution in [3.63, 3.8) is 0 Å².